The molecule has 0 nitrogen and oxygen atoms in total. The highest BCUT2D eigenvalue weighted by Crippen LogP contribution is 2.40. The topological polar surface area (TPSA) is 0 Å². The lowest BCUT2D eigenvalue weighted by Gasteiger charge is -2.06. The molecule has 4 rings (SSSR count). The van der Waals surface area contributed by atoms with Gasteiger partial charge in [-0.25, -0.2) is 0 Å². The second-order valence-electron chi connectivity index (χ2n) is 5.52. The Labute approximate surface area is 119 Å². The predicted molar refractivity (Wildman–Crippen MR) is 84.9 cm³/mol. The summed E-state index contributed by atoms with van der Waals surface area (Å²) in [5, 5.41) is 0. The molecule has 0 atom stereocenters. The first-order valence-electron chi connectivity index (χ1n) is 7.10. The van der Waals surface area contributed by atoms with Crippen LogP contribution in [0.2, 0.25) is 0 Å². The highest BCUT2D eigenvalue weighted by atomic mass is 14.2. The quantitative estimate of drug-likeness (QED) is 0.437. The molecule has 0 spiro atoms. The van der Waals surface area contributed by atoms with Gasteiger partial charge >= 0.3 is 0 Å². The third-order valence-corrected chi connectivity index (χ3v) is 4.28. The molecule has 3 aromatic carbocycles. The van der Waals surface area contributed by atoms with E-state index in [1.54, 1.807) is 0 Å². The van der Waals surface area contributed by atoms with Gasteiger partial charge in [0.25, 0.3) is 0 Å². The fourth-order valence-electron chi connectivity index (χ4n) is 3.17. The Kier molecular flexibility index (Phi) is 2.50. The van der Waals surface area contributed by atoms with Crippen LogP contribution in [0.5, 0.6) is 0 Å². The molecular weight excluding hydrogens is 240 g/mol. The maximum Gasteiger partial charge on any atom is -0.00108 e. The van der Waals surface area contributed by atoms with E-state index < -0.39 is 0 Å². The zero-order chi connectivity index (χ0) is 13.5. The van der Waals surface area contributed by atoms with Crippen molar-refractivity contribution in [1.29, 1.82) is 0 Å². The molecule has 0 N–H and O–H groups in total. The van der Waals surface area contributed by atoms with Crippen LogP contribution >= 0.6 is 0 Å². The van der Waals surface area contributed by atoms with Crippen LogP contribution in [0.25, 0.3) is 22.3 Å². The molecule has 0 heterocycles. The lowest BCUT2D eigenvalue weighted by molar-refractivity contribution is 1.22. The Bertz CT molecular complexity index is 782. The molecule has 0 aliphatic heterocycles. The van der Waals surface area contributed by atoms with Gasteiger partial charge in [0, 0.05) is 0 Å². The highest BCUT2D eigenvalue weighted by Gasteiger charge is 2.19. The fraction of sp³-hybridized carbons (Fsp3) is 0.100. The summed E-state index contributed by atoms with van der Waals surface area (Å²) in [5.41, 5.74) is 9.76. The average molecular weight is 256 g/mol. The van der Waals surface area contributed by atoms with Crippen molar-refractivity contribution in [3.05, 3.63) is 83.4 Å². The molecule has 3 aromatic rings. The minimum atomic E-state index is 1.08. The standard InChI is InChI=1S/C20H16/c1-14-6-5-9-18-19(14)13-17-11-10-16(12-20(17)18)15-7-3-2-4-8-15/h2-12H,13H2,1H3. The van der Waals surface area contributed by atoms with Crippen molar-refractivity contribution in [3.63, 3.8) is 0 Å². The molecule has 0 amide bonds. The van der Waals surface area contributed by atoms with Crippen molar-refractivity contribution < 1.29 is 0 Å². The highest BCUT2D eigenvalue weighted by molar-refractivity contribution is 5.82. The monoisotopic (exact) mass is 256 g/mol. The van der Waals surface area contributed by atoms with Crippen LogP contribution in [0.3, 0.4) is 0 Å². The first-order valence-corrected chi connectivity index (χ1v) is 7.10. The lowest BCUT2D eigenvalue weighted by atomic mass is 9.98. The van der Waals surface area contributed by atoms with E-state index in [0.717, 1.165) is 6.42 Å². The Morgan fingerprint density at radius 1 is 0.700 bits per heavy atom. The Morgan fingerprint density at radius 2 is 1.55 bits per heavy atom. The van der Waals surface area contributed by atoms with Crippen LogP contribution in [0.15, 0.2) is 66.7 Å². The zero-order valence-electron chi connectivity index (χ0n) is 11.6. The largest absolute Gasteiger partial charge is 0.0622 e. The van der Waals surface area contributed by atoms with Gasteiger partial charge in [-0.05, 0) is 58.4 Å². The third kappa shape index (κ3) is 1.69. The molecule has 0 unspecified atom stereocenters. The van der Waals surface area contributed by atoms with Gasteiger partial charge in [-0.2, -0.15) is 0 Å². The summed E-state index contributed by atoms with van der Waals surface area (Å²) >= 11 is 0. The number of hydrogen-bond donors (Lipinski definition) is 0. The van der Waals surface area contributed by atoms with E-state index in [1.807, 2.05) is 0 Å². The van der Waals surface area contributed by atoms with Crippen LogP contribution in [0.4, 0.5) is 0 Å². The third-order valence-electron chi connectivity index (χ3n) is 4.28. The van der Waals surface area contributed by atoms with Crippen molar-refractivity contribution in [1.82, 2.24) is 0 Å². The Hall–Kier alpha value is -2.34. The molecule has 0 aromatic heterocycles. The van der Waals surface area contributed by atoms with E-state index in [1.165, 1.54) is 38.9 Å². The number of hydrogen-bond acceptors (Lipinski definition) is 0. The second kappa shape index (κ2) is 4.35. The summed E-state index contributed by atoms with van der Waals surface area (Å²) in [6.07, 6.45) is 1.08. The van der Waals surface area contributed by atoms with Crippen molar-refractivity contribution in [2.24, 2.45) is 0 Å². The van der Waals surface area contributed by atoms with Crippen molar-refractivity contribution >= 4 is 0 Å². The normalized spacial score (nSPS) is 12.1. The number of rotatable bonds is 1. The molecule has 0 radical (unpaired) electrons. The van der Waals surface area contributed by atoms with Gasteiger partial charge in [-0.1, -0.05) is 60.7 Å². The SMILES string of the molecule is Cc1cccc2c1Cc1ccc(-c3ccccc3)cc1-2. The van der Waals surface area contributed by atoms with Gasteiger partial charge < -0.3 is 0 Å². The molecule has 0 fully saturated rings. The maximum absolute atomic E-state index is 2.34. The van der Waals surface area contributed by atoms with Gasteiger partial charge in [0.1, 0.15) is 0 Å². The van der Waals surface area contributed by atoms with E-state index >= 15 is 0 Å². The minimum Gasteiger partial charge on any atom is -0.0622 e. The van der Waals surface area contributed by atoms with Gasteiger partial charge in [-0.15, -0.1) is 0 Å². The van der Waals surface area contributed by atoms with Gasteiger partial charge in [-0.3, -0.25) is 0 Å². The summed E-state index contributed by atoms with van der Waals surface area (Å²) in [6.45, 7) is 2.21. The first kappa shape index (κ1) is 11.5. The first-order chi connectivity index (χ1) is 9.83. The van der Waals surface area contributed by atoms with Crippen LogP contribution < -0.4 is 0 Å². The summed E-state index contributed by atoms with van der Waals surface area (Å²) in [7, 11) is 0. The van der Waals surface area contributed by atoms with Gasteiger partial charge in [0.05, 0.1) is 0 Å². The van der Waals surface area contributed by atoms with E-state index in [0.29, 0.717) is 0 Å². The zero-order valence-corrected chi connectivity index (χ0v) is 11.6. The molecule has 0 saturated heterocycles. The average Bonchev–Trinajstić information content (AvgIpc) is 2.88. The number of benzene rings is 3. The summed E-state index contributed by atoms with van der Waals surface area (Å²) in [4.78, 5) is 0. The minimum absolute atomic E-state index is 1.08. The predicted octanol–water partition coefficient (Wildman–Crippen LogP) is 5.23. The molecule has 96 valence electrons. The molecule has 1 aliphatic rings. The maximum atomic E-state index is 2.34. The molecule has 0 heteroatoms. The molecule has 0 saturated carbocycles. The Balaban J connectivity index is 1.90. The lowest BCUT2D eigenvalue weighted by Crippen LogP contribution is -1.84. The van der Waals surface area contributed by atoms with Crippen LogP contribution in [0.1, 0.15) is 16.7 Å². The van der Waals surface area contributed by atoms with E-state index in [-0.39, 0.29) is 0 Å². The number of fused-ring (bicyclic) bond motifs is 3. The van der Waals surface area contributed by atoms with Gasteiger partial charge in [0.2, 0.25) is 0 Å². The molecular formula is C20H16. The van der Waals surface area contributed by atoms with Crippen LogP contribution in [0, 0.1) is 6.92 Å². The Morgan fingerprint density at radius 3 is 2.40 bits per heavy atom. The molecule has 0 bridgehead atoms. The van der Waals surface area contributed by atoms with Gasteiger partial charge in [0.15, 0.2) is 0 Å². The molecule has 20 heavy (non-hydrogen) atoms. The smallest absolute Gasteiger partial charge is 0.00108 e. The summed E-state index contributed by atoms with van der Waals surface area (Å²) in [5.74, 6) is 0. The number of aryl methyl sites for hydroxylation is 1. The van der Waals surface area contributed by atoms with E-state index in [9.17, 15) is 0 Å². The second-order valence-corrected chi connectivity index (χ2v) is 5.52. The van der Waals surface area contributed by atoms with Crippen molar-refractivity contribution in [2.45, 2.75) is 13.3 Å². The van der Waals surface area contributed by atoms with Crippen molar-refractivity contribution in [3.8, 4) is 22.3 Å². The summed E-state index contributed by atoms with van der Waals surface area (Å²) in [6, 6.07) is 24.1. The van der Waals surface area contributed by atoms with E-state index in [4.69, 9.17) is 0 Å². The van der Waals surface area contributed by atoms with Crippen LogP contribution in [-0.4, -0.2) is 0 Å². The van der Waals surface area contributed by atoms with Crippen LogP contribution in [-0.2, 0) is 6.42 Å². The van der Waals surface area contributed by atoms with Crippen molar-refractivity contribution in [2.75, 3.05) is 0 Å². The molecule has 1 aliphatic carbocycles. The fourth-order valence-corrected chi connectivity index (χ4v) is 3.17. The van der Waals surface area contributed by atoms with E-state index in [2.05, 4.69) is 73.7 Å². The summed E-state index contributed by atoms with van der Waals surface area (Å²) < 4.78 is 0.